The van der Waals surface area contributed by atoms with Crippen LogP contribution in [0.25, 0.3) is 10.6 Å². The van der Waals surface area contributed by atoms with Crippen LogP contribution in [0.15, 0.2) is 29.6 Å². The number of aryl methyl sites for hydroxylation is 1. The van der Waals surface area contributed by atoms with Crippen molar-refractivity contribution in [2.75, 3.05) is 7.05 Å². The van der Waals surface area contributed by atoms with Gasteiger partial charge in [-0.2, -0.15) is 0 Å². The fraction of sp³-hybridized carbons (Fsp3) is 0.500. The molecule has 1 aromatic carbocycles. The largest absolute Gasteiger partial charge is 0.342 e. The van der Waals surface area contributed by atoms with Crippen molar-refractivity contribution in [3.63, 3.8) is 0 Å². The molecule has 1 aliphatic rings. The Bertz CT molecular complexity index is 701. The molecule has 0 unspecified atom stereocenters. The molecular weight excluding hydrogens is 316 g/mol. The number of rotatable bonds is 4. The summed E-state index contributed by atoms with van der Waals surface area (Å²) in [6.45, 7) is 4.39. The number of nitrogens with zero attached hydrogens (tertiary/aromatic N) is 2. The molecule has 24 heavy (non-hydrogen) atoms. The molecule has 4 heteroatoms. The zero-order chi connectivity index (χ0) is 17.1. The minimum atomic E-state index is 0.190. The molecule has 1 aliphatic carbocycles. The Morgan fingerprint density at radius 2 is 2.04 bits per heavy atom. The molecule has 1 aromatic heterocycles. The number of likely N-dealkylation sites (N-methyl/N-ethyl adjacent to an activating group) is 1. The van der Waals surface area contributed by atoms with E-state index in [0.717, 1.165) is 35.0 Å². The Morgan fingerprint density at radius 1 is 1.29 bits per heavy atom. The van der Waals surface area contributed by atoms with E-state index in [0.29, 0.717) is 12.5 Å². The van der Waals surface area contributed by atoms with Gasteiger partial charge in [0.2, 0.25) is 5.91 Å². The van der Waals surface area contributed by atoms with Gasteiger partial charge in [0.25, 0.3) is 0 Å². The van der Waals surface area contributed by atoms with Crippen molar-refractivity contribution in [3.8, 4) is 10.6 Å². The van der Waals surface area contributed by atoms with Gasteiger partial charge in [0.15, 0.2) is 0 Å². The number of hydrogen-bond acceptors (Lipinski definition) is 3. The van der Waals surface area contributed by atoms with Gasteiger partial charge in [0.1, 0.15) is 5.01 Å². The molecule has 0 atom stereocenters. The molecule has 0 radical (unpaired) electrons. The topological polar surface area (TPSA) is 33.2 Å². The lowest BCUT2D eigenvalue weighted by Crippen LogP contribution is -2.40. The lowest BCUT2D eigenvalue weighted by atomic mass is 9.86. The number of benzene rings is 1. The predicted octanol–water partition coefficient (Wildman–Crippen LogP) is 4.70. The zero-order valence-corrected chi connectivity index (χ0v) is 15.6. The molecule has 0 aliphatic heterocycles. The maximum atomic E-state index is 12.6. The molecule has 1 heterocycles. The van der Waals surface area contributed by atoms with Gasteiger partial charge >= 0.3 is 0 Å². The fourth-order valence-corrected chi connectivity index (χ4v) is 4.23. The maximum Gasteiger partial charge on any atom is 0.228 e. The van der Waals surface area contributed by atoms with Gasteiger partial charge in [0, 0.05) is 24.0 Å². The second-order valence-corrected chi connectivity index (χ2v) is 7.97. The second-order valence-electron chi connectivity index (χ2n) is 7.11. The molecular formula is C20H26N2OS. The summed E-state index contributed by atoms with van der Waals surface area (Å²) < 4.78 is 0. The molecule has 3 rings (SSSR count). The van der Waals surface area contributed by atoms with Crippen LogP contribution in [0, 0.1) is 12.8 Å². The van der Waals surface area contributed by atoms with Crippen molar-refractivity contribution in [2.45, 2.75) is 52.0 Å². The van der Waals surface area contributed by atoms with E-state index in [1.54, 1.807) is 11.3 Å². The highest BCUT2D eigenvalue weighted by atomic mass is 32.1. The molecule has 0 N–H and O–H groups in total. The van der Waals surface area contributed by atoms with E-state index in [9.17, 15) is 4.79 Å². The lowest BCUT2D eigenvalue weighted by Gasteiger charge is -2.33. The van der Waals surface area contributed by atoms with E-state index >= 15 is 0 Å². The van der Waals surface area contributed by atoms with Crippen LogP contribution in [-0.2, 0) is 11.2 Å². The Labute approximate surface area is 148 Å². The number of aromatic nitrogens is 1. The molecule has 2 aromatic rings. The molecule has 0 bridgehead atoms. The first-order valence-corrected chi connectivity index (χ1v) is 9.68. The Balaban J connectivity index is 1.63. The summed E-state index contributed by atoms with van der Waals surface area (Å²) in [5, 5.41) is 3.02. The quantitative estimate of drug-likeness (QED) is 0.807. The van der Waals surface area contributed by atoms with Crippen LogP contribution >= 0.6 is 11.3 Å². The van der Waals surface area contributed by atoms with Gasteiger partial charge in [-0.05, 0) is 44.6 Å². The highest BCUT2D eigenvalue weighted by Gasteiger charge is 2.25. The average molecular weight is 343 g/mol. The third kappa shape index (κ3) is 4.04. The summed E-state index contributed by atoms with van der Waals surface area (Å²) in [6, 6.07) is 8.76. The van der Waals surface area contributed by atoms with Crippen LogP contribution in [0.3, 0.4) is 0 Å². The van der Waals surface area contributed by atoms with E-state index < -0.39 is 0 Å². The molecule has 1 fully saturated rings. The second kappa shape index (κ2) is 7.47. The van der Waals surface area contributed by atoms with E-state index in [1.807, 2.05) is 17.3 Å². The summed E-state index contributed by atoms with van der Waals surface area (Å²) in [5.74, 6) is 0.996. The van der Waals surface area contributed by atoms with Gasteiger partial charge in [-0.15, -0.1) is 11.3 Å². The molecule has 128 valence electrons. The van der Waals surface area contributed by atoms with E-state index in [-0.39, 0.29) is 5.91 Å². The lowest BCUT2D eigenvalue weighted by molar-refractivity contribution is -0.132. The smallest absolute Gasteiger partial charge is 0.228 e. The van der Waals surface area contributed by atoms with Crippen LogP contribution < -0.4 is 0 Å². The number of carbonyl (C=O) groups excluding carboxylic acids is 1. The van der Waals surface area contributed by atoms with Gasteiger partial charge in [-0.3, -0.25) is 4.79 Å². The summed E-state index contributed by atoms with van der Waals surface area (Å²) in [4.78, 5) is 19.2. The predicted molar refractivity (Wildman–Crippen MR) is 100 cm³/mol. The minimum absolute atomic E-state index is 0.190. The van der Waals surface area contributed by atoms with Gasteiger partial charge in [0.05, 0.1) is 12.1 Å². The van der Waals surface area contributed by atoms with Crippen molar-refractivity contribution >= 4 is 17.2 Å². The monoisotopic (exact) mass is 342 g/mol. The Hall–Kier alpha value is -1.68. The van der Waals surface area contributed by atoms with E-state index in [4.69, 9.17) is 0 Å². The first-order chi connectivity index (χ1) is 11.5. The number of amides is 1. The maximum absolute atomic E-state index is 12.6. The third-order valence-electron chi connectivity index (χ3n) is 5.08. The van der Waals surface area contributed by atoms with Crippen molar-refractivity contribution in [1.29, 1.82) is 0 Å². The molecule has 3 nitrogen and oxygen atoms in total. The average Bonchev–Trinajstić information content (AvgIpc) is 3.03. The first-order valence-electron chi connectivity index (χ1n) is 8.80. The van der Waals surface area contributed by atoms with Gasteiger partial charge in [-0.1, -0.05) is 30.7 Å². The van der Waals surface area contributed by atoms with Crippen LogP contribution in [-0.4, -0.2) is 28.9 Å². The minimum Gasteiger partial charge on any atom is -0.342 e. The van der Waals surface area contributed by atoms with Crippen molar-refractivity contribution in [3.05, 3.63) is 40.9 Å². The van der Waals surface area contributed by atoms with Crippen LogP contribution in [0.5, 0.6) is 0 Å². The van der Waals surface area contributed by atoms with Gasteiger partial charge < -0.3 is 4.90 Å². The summed E-state index contributed by atoms with van der Waals surface area (Å²) in [7, 11) is 1.96. The van der Waals surface area contributed by atoms with E-state index in [1.165, 1.54) is 18.4 Å². The zero-order valence-electron chi connectivity index (χ0n) is 14.8. The van der Waals surface area contributed by atoms with Crippen molar-refractivity contribution in [2.24, 2.45) is 5.92 Å². The fourth-order valence-electron chi connectivity index (χ4n) is 3.41. The van der Waals surface area contributed by atoms with Crippen molar-refractivity contribution < 1.29 is 4.79 Å². The summed E-state index contributed by atoms with van der Waals surface area (Å²) in [5.41, 5.74) is 3.25. The number of thiazole rings is 1. The molecule has 0 spiro atoms. The summed E-state index contributed by atoms with van der Waals surface area (Å²) >= 11 is 1.62. The van der Waals surface area contributed by atoms with Gasteiger partial charge in [-0.25, -0.2) is 4.98 Å². The number of hydrogen-bond donors (Lipinski definition) is 0. The molecule has 0 saturated heterocycles. The van der Waals surface area contributed by atoms with E-state index in [2.05, 4.69) is 43.1 Å². The van der Waals surface area contributed by atoms with Crippen LogP contribution in [0.4, 0.5) is 0 Å². The highest BCUT2D eigenvalue weighted by Crippen LogP contribution is 2.28. The third-order valence-corrected chi connectivity index (χ3v) is 6.02. The molecule has 1 saturated carbocycles. The van der Waals surface area contributed by atoms with Crippen LogP contribution in [0.2, 0.25) is 0 Å². The normalized spacial score (nSPS) is 20.8. The first kappa shape index (κ1) is 17.2. The Kier molecular flexibility index (Phi) is 5.34. The van der Waals surface area contributed by atoms with Crippen molar-refractivity contribution in [1.82, 2.24) is 9.88 Å². The SMILES string of the molecule is Cc1cccc(-c2nc(CC(=O)N(C)C3CCC(C)CC3)cs2)c1. The standard InChI is InChI=1S/C20H26N2OS/c1-14-7-9-18(10-8-14)22(3)19(23)12-17-13-24-20(21-17)16-6-4-5-15(2)11-16/h4-6,11,13-14,18H,7-10,12H2,1-3H3. The highest BCUT2D eigenvalue weighted by molar-refractivity contribution is 7.13. The Morgan fingerprint density at radius 3 is 2.75 bits per heavy atom. The molecule has 1 amide bonds. The number of carbonyl (C=O) groups is 1. The summed E-state index contributed by atoms with van der Waals surface area (Å²) in [6.07, 6.45) is 5.14. The van der Waals surface area contributed by atoms with Crippen LogP contribution in [0.1, 0.15) is 43.9 Å².